The topological polar surface area (TPSA) is 102 Å². The largest absolute Gasteiger partial charge is 0.495 e. The third kappa shape index (κ3) is 4.10. The van der Waals surface area contributed by atoms with Crippen molar-refractivity contribution >= 4 is 27.5 Å². The Kier molecular flexibility index (Phi) is 5.50. The standard InChI is InChI=1S/C23H26N2O6S/c1-14-5-7-16-17(13-23(2,3)31-20(16)11-14)24-32(28,29)15-6-8-19(30-4)18(12-15)25-21(26)9-10-22(25)27/h5-8,11-12,17,24H,9-10,13H2,1-4H3. The maximum atomic E-state index is 13.3. The van der Waals surface area contributed by atoms with Crippen LogP contribution in [0.3, 0.4) is 0 Å². The summed E-state index contributed by atoms with van der Waals surface area (Å²) in [6.45, 7) is 5.77. The predicted octanol–water partition coefficient (Wildman–Crippen LogP) is 3.24. The minimum absolute atomic E-state index is 0.0567. The molecule has 0 radical (unpaired) electrons. The van der Waals surface area contributed by atoms with Crippen molar-refractivity contribution in [1.29, 1.82) is 0 Å². The number of fused-ring (bicyclic) bond motifs is 1. The number of benzene rings is 2. The summed E-state index contributed by atoms with van der Waals surface area (Å²) < 4.78 is 40.8. The van der Waals surface area contributed by atoms with Crippen LogP contribution in [0.1, 0.15) is 50.3 Å². The number of aryl methyl sites for hydroxylation is 1. The molecule has 2 aromatic rings. The number of nitrogens with one attached hydrogen (secondary N) is 1. The molecule has 0 spiro atoms. The molecule has 2 heterocycles. The molecule has 2 aliphatic rings. The van der Waals surface area contributed by atoms with Crippen molar-refractivity contribution in [2.75, 3.05) is 12.0 Å². The number of methoxy groups -OCH3 is 1. The van der Waals surface area contributed by atoms with Gasteiger partial charge in [0.2, 0.25) is 21.8 Å². The number of sulfonamides is 1. The van der Waals surface area contributed by atoms with Gasteiger partial charge in [0.25, 0.3) is 0 Å². The van der Waals surface area contributed by atoms with Crippen molar-refractivity contribution in [2.24, 2.45) is 0 Å². The number of anilines is 1. The zero-order valence-electron chi connectivity index (χ0n) is 18.5. The van der Waals surface area contributed by atoms with Crippen molar-refractivity contribution in [3.63, 3.8) is 0 Å². The van der Waals surface area contributed by atoms with Gasteiger partial charge in [-0.05, 0) is 50.6 Å². The Bertz CT molecular complexity index is 1190. The van der Waals surface area contributed by atoms with Gasteiger partial charge in [0, 0.05) is 24.8 Å². The van der Waals surface area contributed by atoms with E-state index < -0.39 is 21.7 Å². The summed E-state index contributed by atoms with van der Waals surface area (Å²) in [6, 6.07) is 9.34. The van der Waals surface area contributed by atoms with Crippen LogP contribution in [0.15, 0.2) is 41.3 Å². The number of rotatable bonds is 5. The highest BCUT2D eigenvalue weighted by Gasteiger charge is 2.37. The third-order valence-electron chi connectivity index (χ3n) is 5.68. The van der Waals surface area contributed by atoms with Crippen molar-refractivity contribution in [2.45, 2.75) is 56.6 Å². The van der Waals surface area contributed by atoms with Gasteiger partial charge in [0.15, 0.2) is 0 Å². The Morgan fingerprint density at radius 1 is 1.09 bits per heavy atom. The van der Waals surface area contributed by atoms with E-state index >= 15 is 0 Å². The molecule has 0 aromatic heterocycles. The van der Waals surface area contributed by atoms with E-state index in [2.05, 4.69) is 4.72 Å². The van der Waals surface area contributed by atoms with Gasteiger partial charge in [-0.3, -0.25) is 9.59 Å². The van der Waals surface area contributed by atoms with Crippen molar-refractivity contribution in [3.05, 3.63) is 47.5 Å². The van der Waals surface area contributed by atoms with E-state index in [1.54, 1.807) is 0 Å². The van der Waals surface area contributed by atoms with Gasteiger partial charge in [-0.15, -0.1) is 0 Å². The fraction of sp³-hybridized carbons (Fsp3) is 0.391. The summed E-state index contributed by atoms with van der Waals surface area (Å²) in [7, 11) is -2.58. The van der Waals surface area contributed by atoms with Gasteiger partial charge < -0.3 is 9.47 Å². The van der Waals surface area contributed by atoms with E-state index in [-0.39, 0.29) is 41.0 Å². The van der Waals surface area contributed by atoms with Gasteiger partial charge >= 0.3 is 0 Å². The smallest absolute Gasteiger partial charge is 0.241 e. The van der Waals surface area contributed by atoms with Crippen LogP contribution in [-0.2, 0) is 19.6 Å². The molecular formula is C23H26N2O6S. The molecule has 1 atom stereocenters. The van der Waals surface area contributed by atoms with E-state index in [4.69, 9.17) is 9.47 Å². The van der Waals surface area contributed by atoms with Crippen LogP contribution in [0.4, 0.5) is 5.69 Å². The molecule has 8 nitrogen and oxygen atoms in total. The number of nitrogens with zero attached hydrogens (tertiary/aromatic N) is 1. The first-order valence-corrected chi connectivity index (χ1v) is 11.8. The van der Waals surface area contributed by atoms with Crippen LogP contribution in [0.2, 0.25) is 0 Å². The highest BCUT2D eigenvalue weighted by Crippen LogP contribution is 2.41. The minimum Gasteiger partial charge on any atom is -0.495 e. The van der Waals surface area contributed by atoms with Gasteiger partial charge in [-0.25, -0.2) is 18.0 Å². The molecule has 2 amide bonds. The lowest BCUT2D eigenvalue weighted by Crippen LogP contribution is -2.41. The molecule has 1 unspecified atom stereocenters. The zero-order chi connectivity index (χ0) is 23.3. The summed E-state index contributed by atoms with van der Waals surface area (Å²) >= 11 is 0. The molecule has 2 aromatic carbocycles. The van der Waals surface area contributed by atoms with Crippen LogP contribution in [-0.4, -0.2) is 32.9 Å². The Labute approximate surface area is 187 Å². The van der Waals surface area contributed by atoms with Crippen molar-refractivity contribution < 1.29 is 27.5 Å². The van der Waals surface area contributed by atoms with Gasteiger partial charge in [-0.2, -0.15) is 0 Å². The van der Waals surface area contributed by atoms with E-state index in [0.717, 1.165) is 16.0 Å². The number of amides is 2. The molecule has 1 fully saturated rings. The lowest BCUT2D eigenvalue weighted by atomic mass is 9.90. The molecular weight excluding hydrogens is 432 g/mol. The summed E-state index contributed by atoms with van der Waals surface area (Å²) in [5, 5.41) is 0. The molecule has 2 aliphatic heterocycles. The van der Waals surface area contributed by atoms with Crippen molar-refractivity contribution in [3.8, 4) is 11.5 Å². The number of hydrogen-bond donors (Lipinski definition) is 1. The van der Waals surface area contributed by atoms with Gasteiger partial charge in [0.1, 0.15) is 17.1 Å². The Morgan fingerprint density at radius 2 is 1.78 bits per heavy atom. The fourth-order valence-corrected chi connectivity index (χ4v) is 5.41. The lowest BCUT2D eigenvalue weighted by Gasteiger charge is -2.38. The maximum absolute atomic E-state index is 13.3. The summed E-state index contributed by atoms with van der Waals surface area (Å²) in [5.74, 6) is 0.135. The van der Waals surface area contributed by atoms with E-state index in [9.17, 15) is 18.0 Å². The first-order valence-electron chi connectivity index (χ1n) is 10.4. The number of carbonyl (C=O) groups is 2. The first-order chi connectivity index (χ1) is 15.0. The molecule has 1 N–H and O–H groups in total. The molecule has 9 heteroatoms. The van der Waals surface area contributed by atoms with Crippen molar-refractivity contribution in [1.82, 2.24) is 4.72 Å². The molecule has 0 saturated carbocycles. The van der Waals surface area contributed by atoms with Crippen LogP contribution >= 0.6 is 0 Å². The highest BCUT2D eigenvalue weighted by atomic mass is 32.2. The molecule has 0 aliphatic carbocycles. The first kappa shape index (κ1) is 22.3. The Morgan fingerprint density at radius 3 is 2.44 bits per heavy atom. The second-order valence-corrected chi connectivity index (χ2v) is 10.5. The fourth-order valence-electron chi connectivity index (χ4n) is 4.18. The third-order valence-corrected chi connectivity index (χ3v) is 7.15. The SMILES string of the molecule is COc1ccc(S(=O)(=O)NC2CC(C)(C)Oc3cc(C)ccc32)cc1N1C(=O)CCC1=O. The van der Waals surface area contributed by atoms with E-state index in [1.807, 2.05) is 39.0 Å². The van der Waals surface area contributed by atoms with Crippen LogP contribution in [0.25, 0.3) is 0 Å². The summed E-state index contributed by atoms with van der Waals surface area (Å²) in [6.07, 6.45) is 0.615. The Hall–Kier alpha value is -2.91. The molecule has 170 valence electrons. The number of ether oxygens (including phenoxy) is 2. The molecule has 4 rings (SSSR count). The average Bonchev–Trinajstić information content (AvgIpc) is 3.04. The minimum atomic E-state index is -3.99. The average molecular weight is 459 g/mol. The summed E-state index contributed by atoms with van der Waals surface area (Å²) in [4.78, 5) is 25.4. The van der Waals surface area contributed by atoms with Gasteiger partial charge in [0.05, 0.1) is 23.7 Å². The van der Waals surface area contributed by atoms with Crippen LogP contribution < -0.4 is 19.1 Å². The van der Waals surface area contributed by atoms with Gasteiger partial charge in [-0.1, -0.05) is 12.1 Å². The normalized spacial score (nSPS) is 20.1. The monoisotopic (exact) mass is 458 g/mol. The second kappa shape index (κ2) is 7.90. The van der Waals surface area contributed by atoms with Crippen LogP contribution in [0.5, 0.6) is 11.5 Å². The lowest BCUT2D eigenvalue weighted by molar-refractivity contribution is -0.121. The number of imide groups is 1. The molecule has 1 saturated heterocycles. The molecule has 32 heavy (non-hydrogen) atoms. The number of hydrogen-bond acceptors (Lipinski definition) is 6. The highest BCUT2D eigenvalue weighted by molar-refractivity contribution is 7.89. The quantitative estimate of drug-likeness (QED) is 0.690. The van der Waals surface area contributed by atoms with E-state index in [1.165, 1.54) is 25.3 Å². The number of carbonyl (C=O) groups excluding carboxylic acids is 2. The Balaban J connectivity index is 1.71. The second-order valence-electron chi connectivity index (χ2n) is 8.74. The summed E-state index contributed by atoms with van der Waals surface area (Å²) in [5.41, 5.74) is 1.35. The molecule has 0 bridgehead atoms. The van der Waals surface area contributed by atoms with E-state index in [0.29, 0.717) is 12.2 Å². The van der Waals surface area contributed by atoms with Crippen LogP contribution in [0, 0.1) is 6.92 Å². The zero-order valence-corrected chi connectivity index (χ0v) is 19.3. The maximum Gasteiger partial charge on any atom is 0.241 e. The predicted molar refractivity (Wildman–Crippen MR) is 118 cm³/mol.